The van der Waals surface area contributed by atoms with Gasteiger partial charge in [0, 0.05) is 0 Å². The fourth-order valence-electron chi connectivity index (χ4n) is 1.86. The van der Waals surface area contributed by atoms with Crippen molar-refractivity contribution >= 4 is 5.91 Å². The summed E-state index contributed by atoms with van der Waals surface area (Å²) in [5, 5.41) is 2.32. The number of aryl methyl sites for hydroxylation is 2. The minimum Gasteiger partial charge on any atom is -0.348 e. The van der Waals surface area contributed by atoms with Crippen LogP contribution in [0.2, 0.25) is 0 Å². The zero-order valence-corrected chi connectivity index (χ0v) is 11.9. The van der Waals surface area contributed by atoms with Gasteiger partial charge in [0.05, 0.1) is 6.04 Å². The maximum absolute atomic E-state index is 12.7. The van der Waals surface area contributed by atoms with Gasteiger partial charge in [-0.25, -0.2) is 0 Å². The quantitative estimate of drug-likeness (QED) is 0.898. The van der Waals surface area contributed by atoms with E-state index in [0.29, 0.717) is 6.92 Å². The lowest BCUT2D eigenvalue weighted by Crippen LogP contribution is -2.61. The van der Waals surface area contributed by atoms with E-state index >= 15 is 0 Å². The lowest BCUT2D eigenvalue weighted by atomic mass is 9.97. The van der Waals surface area contributed by atoms with Gasteiger partial charge in [-0.1, -0.05) is 23.8 Å². The monoisotopic (exact) mass is 288 g/mol. The van der Waals surface area contributed by atoms with Crippen molar-refractivity contribution in [3.05, 3.63) is 34.9 Å². The fourth-order valence-corrected chi connectivity index (χ4v) is 1.86. The molecule has 0 heterocycles. The molecule has 0 saturated carbocycles. The summed E-state index contributed by atoms with van der Waals surface area (Å²) in [7, 11) is 0. The van der Waals surface area contributed by atoms with Crippen molar-refractivity contribution < 1.29 is 18.0 Å². The summed E-state index contributed by atoms with van der Waals surface area (Å²) in [6.45, 7) is 6.05. The van der Waals surface area contributed by atoms with Gasteiger partial charge >= 0.3 is 6.18 Å². The van der Waals surface area contributed by atoms with Crippen molar-refractivity contribution in [1.82, 2.24) is 5.32 Å². The molecule has 0 aliphatic heterocycles. The van der Waals surface area contributed by atoms with Crippen LogP contribution >= 0.6 is 0 Å². The van der Waals surface area contributed by atoms with Crippen LogP contribution in [0.15, 0.2) is 18.2 Å². The van der Waals surface area contributed by atoms with Crippen molar-refractivity contribution in [3.63, 3.8) is 0 Å². The molecule has 1 rings (SSSR count). The number of hydrogen-bond donors (Lipinski definition) is 2. The molecule has 0 radical (unpaired) electrons. The van der Waals surface area contributed by atoms with E-state index in [-0.39, 0.29) is 0 Å². The molecule has 0 fully saturated rings. The van der Waals surface area contributed by atoms with Crippen LogP contribution in [0.4, 0.5) is 13.2 Å². The summed E-state index contributed by atoms with van der Waals surface area (Å²) in [6.07, 6.45) is -4.79. The number of nitrogens with one attached hydrogen (secondary N) is 1. The van der Waals surface area contributed by atoms with E-state index in [2.05, 4.69) is 5.32 Å². The number of benzene rings is 1. The second kappa shape index (κ2) is 5.44. The van der Waals surface area contributed by atoms with Crippen LogP contribution in [0, 0.1) is 13.8 Å². The summed E-state index contributed by atoms with van der Waals surface area (Å²) in [5.74, 6) is -1.24. The lowest BCUT2D eigenvalue weighted by Gasteiger charge is -2.28. The SMILES string of the molecule is Cc1ccc(C(C)NC(=O)C(C)(N)C(F)(F)F)c(C)c1. The highest BCUT2D eigenvalue weighted by atomic mass is 19.4. The molecular weight excluding hydrogens is 269 g/mol. The molecule has 3 N–H and O–H groups in total. The molecule has 0 aliphatic rings. The number of rotatable bonds is 3. The fraction of sp³-hybridized carbons (Fsp3) is 0.500. The Kier molecular flexibility index (Phi) is 4.49. The molecular formula is C14H19F3N2O. The first-order chi connectivity index (χ1) is 8.96. The summed E-state index contributed by atoms with van der Waals surface area (Å²) in [6, 6.07) is 4.99. The summed E-state index contributed by atoms with van der Waals surface area (Å²) in [4.78, 5) is 11.7. The van der Waals surface area contributed by atoms with Crippen LogP contribution in [0.1, 0.15) is 36.6 Å². The van der Waals surface area contributed by atoms with Crippen LogP contribution in [0.5, 0.6) is 0 Å². The Morgan fingerprint density at radius 3 is 2.30 bits per heavy atom. The Morgan fingerprint density at radius 1 is 1.30 bits per heavy atom. The van der Waals surface area contributed by atoms with Crippen LogP contribution in [0.3, 0.4) is 0 Å². The number of carbonyl (C=O) groups is 1. The Labute approximate surface area is 116 Å². The predicted octanol–water partition coefficient (Wildman–Crippen LogP) is 2.76. The van der Waals surface area contributed by atoms with Gasteiger partial charge in [0.1, 0.15) is 0 Å². The number of carbonyl (C=O) groups excluding carboxylic acids is 1. The molecule has 0 saturated heterocycles. The zero-order chi connectivity index (χ0) is 15.7. The molecule has 1 aromatic rings. The van der Waals surface area contributed by atoms with E-state index in [1.807, 2.05) is 26.0 Å². The number of alkyl halides is 3. The lowest BCUT2D eigenvalue weighted by molar-refractivity contribution is -0.187. The molecule has 20 heavy (non-hydrogen) atoms. The molecule has 2 unspecified atom stereocenters. The molecule has 1 amide bonds. The Bertz CT molecular complexity index is 510. The van der Waals surface area contributed by atoms with E-state index in [1.54, 1.807) is 13.0 Å². The number of halogens is 3. The summed E-state index contributed by atoms with van der Waals surface area (Å²) >= 11 is 0. The first kappa shape index (κ1) is 16.5. The van der Waals surface area contributed by atoms with E-state index in [4.69, 9.17) is 5.73 Å². The van der Waals surface area contributed by atoms with Crippen LogP contribution in [-0.4, -0.2) is 17.6 Å². The van der Waals surface area contributed by atoms with E-state index in [1.165, 1.54) is 0 Å². The van der Waals surface area contributed by atoms with Gasteiger partial charge in [-0.15, -0.1) is 0 Å². The van der Waals surface area contributed by atoms with Crippen molar-refractivity contribution in [3.8, 4) is 0 Å². The first-order valence-corrected chi connectivity index (χ1v) is 6.20. The summed E-state index contributed by atoms with van der Waals surface area (Å²) in [5.41, 5.74) is 4.90. The number of nitrogens with two attached hydrogens (primary N) is 1. The normalized spacial score (nSPS) is 16.4. The number of hydrogen-bond acceptors (Lipinski definition) is 2. The standard InChI is InChI=1S/C14H19F3N2O/c1-8-5-6-11(9(2)7-8)10(3)19-12(20)13(4,18)14(15,16)17/h5-7,10H,18H2,1-4H3,(H,19,20). The van der Waals surface area contributed by atoms with Gasteiger partial charge < -0.3 is 11.1 Å². The molecule has 1 aromatic carbocycles. The average molecular weight is 288 g/mol. The summed E-state index contributed by atoms with van der Waals surface area (Å²) < 4.78 is 38.0. The predicted molar refractivity (Wildman–Crippen MR) is 71.1 cm³/mol. The Hall–Kier alpha value is -1.56. The Balaban J connectivity index is 2.91. The van der Waals surface area contributed by atoms with Gasteiger partial charge in [0.2, 0.25) is 5.91 Å². The van der Waals surface area contributed by atoms with Gasteiger partial charge in [0.25, 0.3) is 0 Å². The highest BCUT2D eigenvalue weighted by Gasteiger charge is 2.54. The van der Waals surface area contributed by atoms with Crippen LogP contribution in [0.25, 0.3) is 0 Å². The second-order valence-corrected chi connectivity index (χ2v) is 5.26. The molecule has 0 bridgehead atoms. The molecule has 3 nitrogen and oxygen atoms in total. The molecule has 2 atom stereocenters. The molecule has 0 aliphatic carbocycles. The molecule has 0 spiro atoms. The van der Waals surface area contributed by atoms with Crippen molar-refractivity contribution in [1.29, 1.82) is 0 Å². The van der Waals surface area contributed by atoms with Gasteiger partial charge in [0.15, 0.2) is 5.54 Å². The highest BCUT2D eigenvalue weighted by Crippen LogP contribution is 2.29. The number of amides is 1. The van der Waals surface area contributed by atoms with Crippen molar-refractivity contribution in [2.75, 3.05) is 0 Å². The largest absolute Gasteiger partial charge is 0.415 e. The minimum atomic E-state index is -4.79. The van der Waals surface area contributed by atoms with E-state index in [0.717, 1.165) is 16.7 Å². The van der Waals surface area contributed by atoms with Crippen LogP contribution in [-0.2, 0) is 4.79 Å². The average Bonchev–Trinajstić information content (AvgIpc) is 2.26. The van der Waals surface area contributed by atoms with Crippen LogP contribution < -0.4 is 11.1 Å². The Morgan fingerprint density at radius 2 is 1.85 bits per heavy atom. The van der Waals surface area contributed by atoms with Gasteiger partial charge in [-0.3, -0.25) is 4.79 Å². The first-order valence-electron chi connectivity index (χ1n) is 6.20. The maximum atomic E-state index is 12.7. The third-order valence-corrected chi connectivity index (χ3v) is 3.30. The molecule has 6 heteroatoms. The zero-order valence-electron chi connectivity index (χ0n) is 11.9. The topological polar surface area (TPSA) is 55.1 Å². The highest BCUT2D eigenvalue weighted by molar-refractivity contribution is 5.87. The van der Waals surface area contributed by atoms with Crippen molar-refractivity contribution in [2.24, 2.45) is 5.73 Å². The molecule has 0 aromatic heterocycles. The molecule has 112 valence electrons. The minimum absolute atomic E-state index is 0.548. The smallest absolute Gasteiger partial charge is 0.348 e. The van der Waals surface area contributed by atoms with Crippen molar-refractivity contribution in [2.45, 2.75) is 45.5 Å². The van der Waals surface area contributed by atoms with E-state index < -0.39 is 23.7 Å². The maximum Gasteiger partial charge on any atom is 0.415 e. The van der Waals surface area contributed by atoms with E-state index in [9.17, 15) is 18.0 Å². The third kappa shape index (κ3) is 3.30. The third-order valence-electron chi connectivity index (χ3n) is 3.30. The van der Waals surface area contributed by atoms with Gasteiger partial charge in [-0.2, -0.15) is 13.2 Å². The second-order valence-electron chi connectivity index (χ2n) is 5.26. The van der Waals surface area contributed by atoms with Gasteiger partial charge in [-0.05, 0) is 38.8 Å².